The van der Waals surface area contributed by atoms with Crippen LogP contribution in [0.5, 0.6) is 0 Å². The fraction of sp³-hybridized carbons (Fsp3) is 0.429. The number of hydrogen-bond donors (Lipinski definition) is 2. The number of rotatable bonds is 3. The Bertz CT molecular complexity index is 989. The van der Waals surface area contributed by atoms with E-state index in [0.29, 0.717) is 23.6 Å². The maximum absolute atomic E-state index is 13.2. The molecule has 4 rings (SSSR count). The lowest BCUT2D eigenvalue weighted by atomic mass is 10.1. The number of para-hydroxylation sites is 2. The van der Waals surface area contributed by atoms with Crippen molar-refractivity contribution >= 4 is 46.8 Å². The number of nitrogens with zero attached hydrogens (tertiary/aromatic N) is 2. The number of aliphatic imine (C=N–C) groups is 1. The Morgan fingerprint density at radius 3 is 2.93 bits per heavy atom. The molecule has 9 heteroatoms. The third kappa shape index (κ3) is 3.47. The molecule has 2 amide bonds. The smallest absolute Gasteiger partial charge is 0.343 e. The number of anilines is 1. The summed E-state index contributed by atoms with van der Waals surface area (Å²) in [5, 5.41) is 6.00. The maximum atomic E-state index is 13.2. The maximum Gasteiger partial charge on any atom is 0.343 e. The SMILES string of the molecule is CCOC(=O)C1=C(C)Nc2ccccc2N=C1NC(=O)C1CSC2(C)CCC(=O)N12. The van der Waals surface area contributed by atoms with E-state index in [4.69, 9.17) is 4.74 Å². The van der Waals surface area contributed by atoms with Crippen molar-refractivity contribution in [2.75, 3.05) is 17.7 Å². The van der Waals surface area contributed by atoms with Crippen molar-refractivity contribution in [1.82, 2.24) is 10.2 Å². The highest BCUT2D eigenvalue weighted by Gasteiger charge is 2.53. The monoisotopic (exact) mass is 428 g/mol. The van der Waals surface area contributed by atoms with E-state index >= 15 is 0 Å². The molecule has 0 saturated carbocycles. The van der Waals surface area contributed by atoms with Crippen LogP contribution in [0.15, 0.2) is 40.5 Å². The average molecular weight is 429 g/mol. The van der Waals surface area contributed by atoms with Crippen molar-refractivity contribution in [3.63, 3.8) is 0 Å². The average Bonchev–Trinajstić information content (AvgIpc) is 3.14. The van der Waals surface area contributed by atoms with Crippen LogP contribution in [0.3, 0.4) is 0 Å². The van der Waals surface area contributed by atoms with Gasteiger partial charge in [-0.05, 0) is 39.3 Å². The minimum Gasteiger partial charge on any atom is -0.462 e. The van der Waals surface area contributed by atoms with Crippen molar-refractivity contribution in [3.8, 4) is 0 Å². The van der Waals surface area contributed by atoms with Gasteiger partial charge in [0.2, 0.25) is 11.8 Å². The molecular formula is C21H24N4O4S. The summed E-state index contributed by atoms with van der Waals surface area (Å²) in [6, 6.07) is 6.72. The molecule has 3 aliphatic heterocycles. The lowest BCUT2D eigenvalue weighted by molar-refractivity contribution is -0.138. The standard InChI is InChI=1S/C21H24N4O4S/c1-4-29-20(28)17-12(2)22-13-7-5-6-8-14(13)23-18(17)24-19(27)15-11-30-21(3)10-9-16(26)25(15)21/h5-8,15,22H,4,9-11H2,1-3H3,(H,23,24,27). The number of benzene rings is 1. The number of thioether (sulfide) groups is 1. The van der Waals surface area contributed by atoms with Crippen molar-refractivity contribution < 1.29 is 19.1 Å². The van der Waals surface area contributed by atoms with Gasteiger partial charge in [0, 0.05) is 17.9 Å². The van der Waals surface area contributed by atoms with Gasteiger partial charge >= 0.3 is 5.97 Å². The number of fused-ring (bicyclic) bond motifs is 2. The van der Waals surface area contributed by atoms with Crippen LogP contribution in [0.25, 0.3) is 0 Å². The fourth-order valence-electron chi connectivity index (χ4n) is 4.05. The van der Waals surface area contributed by atoms with E-state index in [9.17, 15) is 14.4 Å². The molecule has 2 unspecified atom stereocenters. The van der Waals surface area contributed by atoms with Crippen LogP contribution in [0.4, 0.5) is 11.4 Å². The number of esters is 1. The second-order valence-electron chi connectivity index (χ2n) is 7.58. The Morgan fingerprint density at radius 2 is 2.17 bits per heavy atom. The summed E-state index contributed by atoms with van der Waals surface area (Å²) in [6.07, 6.45) is 1.17. The van der Waals surface area contributed by atoms with Crippen LogP contribution in [-0.4, -0.2) is 51.8 Å². The first-order valence-corrected chi connectivity index (χ1v) is 10.9. The first-order chi connectivity index (χ1) is 14.3. The van der Waals surface area contributed by atoms with E-state index in [1.807, 2.05) is 25.1 Å². The number of hydrogen-bond acceptors (Lipinski definition) is 7. The lowest BCUT2D eigenvalue weighted by Gasteiger charge is -2.30. The summed E-state index contributed by atoms with van der Waals surface area (Å²) in [4.78, 5) is 44.2. The van der Waals surface area contributed by atoms with Gasteiger partial charge in [-0.25, -0.2) is 9.79 Å². The van der Waals surface area contributed by atoms with Crippen LogP contribution in [-0.2, 0) is 19.1 Å². The molecular weight excluding hydrogens is 404 g/mol. The van der Waals surface area contributed by atoms with Crippen LogP contribution < -0.4 is 10.6 Å². The molecule has 2 atom stereocenters. The highest BCUT2D eigenvalue weighted by atomic mass is 32.2. The summed E-state index contributed by atoms with van der Waals surface area (Å²) in [6.45, 7) is 5.65. The molecule has 0 bridgehead atoms. The first kappa shape index (κ1) is 20.5. The summed E-state index contributed by atoms with van der Waals surface area (Å²) in [5.74, 6) is -0.312. The molecule has 158 valence electrons. The predicted octanol–water partition coefficient (Wildman–Crippen LogP) is 2.55. The normalized spacial score (nSPS) is 25.2. The Kier molecular flexibility index (Phi) is 5.31. The number of ether oxygens (including phenoxy) is 1. The molecule has 30 heavy (non-hydrogen) atoms. The van der Waals surface area contributed by atoms with Gasteiger partial charge in [0.05, 0.1) is 22.9 Å². The third-order valence-corrected chi connectivity index (χ3v) is 7.04. The van der Waals surface area contributed by atoms with Gasteiger partial charge in [0.25, 0.3) is 0 Å². The quantitative estimate of drug-likeness (QED) is 0.718. The van der Waals surface area contributed by atoms with E-state index in [-0.39, 0.29) is 34.7 Å². The highest BCUT2D eigenvalue weighted by molar-refractivity contribution is 8.01. The molecule has 8 nitrogen and oxygen atoms in total. The van der Waals surface area contributed by atoms with Gasteiger partial charge in [0.15, 0.2) is 0 Å². The van der Waals surface area contributed by atoms with Crippen molar-refractivity contribution in [2.24, 2.45) is 4.99 Å². The minimum absolute atomic E-state index is 0.0187. The Balaban J connectivity index is 1.68. The van der Waals surface area contributed by atoms with Gasteiger partial charge in [0.1, 0.15) is 17.5 Å². The highest BCUT2D eigenvalue weighted by Crippen LogP contribution is 2.47. The molecule has 1 aromatic carbocycles. The van der Waals surface area contributed by atoms with Gasteiger partial charge in [-0.3, -0.25) is 9.59 Å². The van der Waals surface area contributed by atoms with E-state index in [1.165, 1.54) is 0 Å². The number of carbonyl (C=O) groups excluding carboxylic acids is 3. The molecule has 2 fully saturated rings. The molecule has 2 saturated heterocycles. The van der Waals surface area contributed by atoms with Gasteiger partial charge in [-0.15, -0.1) is 11.8 Å². The molecule has 3 aliphatic rings. The zero-order valence-corrected chi connectivity index (χ0v) is 18.0. The van der Waals surface area contributed by atoms with Crippen LogP contribution in [0.2, 0.25) is 0 Å². The fourth-order valence-corrected chi connectivity index (χ4v) is 5.49. The first-order valence-electron chi connectivity index (χ1n) is 9.94. The summed E-state index contributed by atoms with van der Waals surface area (Å²) in [5.41, 5.74) is 2.01. The largest absolute Gasteiger partial charge is 0.462 e. The van der Waals surface area contributed by atoms with Gasteiger partial charge < -0.3 is 20.3 Å². The summed E-state index contributed by atoms with van der Waals surface area (Å²) < 4.78 is 5.21. The van der Waals surface area contributed by atoms with Crippen LogP contribution in [0.1, 0.15) is 33.6 Å². The predicted molar refractivity (Wildman–Crippen MR) is 115 cm³/mol. The van der Waals surface area contributed by atoms with Crippen molar-refractivity contribution in [1.29, 1.82) is 0 Å². The molecule has 3 heterocycles. The number of carbonyl (C=O) groups is 3. The third-order valence-electron chi connectivity index (χ3n) is 5.54. The molecule has 0 spiro atoms. The molecule has 0 aromatic heterocycles. The Labute approximate surface area is 179 Å². The van der Waals surface area contributed by atoms with E-state index in [1.54, 1.807) is 36.6 Å². The molecule has 0 radical (unpaired) electrons. The Morgan fingerprint density at radius 1 is 1.40 bits per heavy atom. The topological polar surface area (TPSA) is 100 Å². The second kappa shape index (κ2) is 7.79. The van der Waals surface area contributed by atoms with E-state index in [0.717, 1.165) is 12.1 Å². The minimum atomic E-state index is -0.604. The van der Waals surface area contributed by atoms with Crippen LogP contribution >= 0.6 is 11.8 Å². The van der Waals surface area contributed by atoms with Crippen molar-refractivity contribution in [3.05, 3.63) is 35.5 Å². The molecule has 0 aliphatic carbocycles. The lowest BCUT2D eigenvalue weighted by Crippen LogP contribution is -2.51. The number of amidine groups is 1. The zero-order valence-electron chi connectivity index (χ0n) is 17.2. The van der Waals surface area contributed by atoms with Gasteiger partial charge in [-0.1, -0.05) is 12.1 Å². The zero-order chi connectivity index (χ0) is 21.5. The number of allylic oxidation sites excluding steroid dienone is 1. The van der Waals surface area contributed by atoms with E-state index in [2.05, 4.69) is 15.6 Å². The second-order valence-corrected chi connectivity index (χ2v) is 9.08. The summed E-state index contributed by atoms with van der Waals surface area (Å²) >= 11 is 1.61. The van der Waals surface area contributed by atoms with Gasteiger partial charge in [-0.2, -0.15) is 0 Å². The van der Waals surface area contributed by atoms with Crippen LogP contribution in [0, 0.1) is 0 Å². The van der Waals surface area contributed by atoms with E-state index < -0.39 is 12.0 Å². The molecule has 1 aromatic rings. The number of amides is 2. The molecule has 2 N–H and O–H groups in total. The van der Waals surface area contributed by atoms with Crippen molar-refractivity contribution in [2.45, 2.75) is 44.5 Å². The number of nitrogens with one attached hydrogen (secondary N) is 2. The Hall–Kier alpha value is -2.81. The summed E-state index contributed by atoms with van der Waals surface area (Å²) in [7, 11) is 0.